The van der Waals surface area contributed by atoms with Crippen LogP contribution in [0.15, 0.2) is 43.0 Å². The van der Waals surface area contributed by atoms with Crippen molar-refractivity contribution in [2.45, 2.75) is 82.7 Å². The molecule has 4 rings (SSSR count). The summed E-state index contributed by atoms with van der Waals surface area (Å²) < 4.78 is 60.6. The molecule has 0 heterocycles. The highest BCUT2D eigenvalue weighted by Crippen LogP contribution is 2.39. The van der Waals surface area contributed by atoms with Crippen molar-refractivity contribution < 1.29 is 32.2 Å². The molecule has 2 fully saturated rings. The van der Waals surface area contributed by atoms with Crippen molar-refractivity contribution >= 4 is 5.97 Å². The van der Waals surface area contributed by atoms with Gasteiger partial charge >= 0.3 is 5.97 Å². The normalized spacial score (nSPS) is 23.6. The Labute approximate surface area is 223 Å². The Hall–Kier alpha value is -2.80. The molecule has 2 aliphatic carbocycles. The van der Waals surface area contributed by atoms with E-state index in [1.807, 2.05) is 13.0 Å². The van der Waals surface area contributed by atoms with Crippen LogP contribution in [0.25, 0.3) is 0 Å². The van der Waals surface area contributed by atoms with Gasteiger partial charge < -0.3 is 14.2 Å². The highest BCUT2D eigenvalue weighted by Gasteiger charge is 2.31. The molecule has 0 radical (unpaired) electrons. The zero-order valence-corrected chi connectivity index (χ0v) is 22.0. The summed E-state index contributed by atoms with van der Waals surface area (Å²) in [7, 11) is 0. The summed E-state index contributed by atoms with van der Waals surface area (Å²) in [5.41, 5.74) is 1.20. The van der Waals surface area contributed by atoms with Crippen LogP contribution in [-0.2, 0) is 9.53 Å². The minimum atomic E-state index is -1.11. The van der Waals surface area contributed by atoms with Crippen LogP contribution in [0.1, 0.15) is 87.7 Å². The smallest absolute Gasteiger partial charge is 0.314 e. The quantitative estimate of drug-likeness (QED) is 0.135. The van der Waals surface area contributed by atoms with Crippen molar-refractivity contribution in [3.05, 3.63) is 71.6 Å². The molecule has 0 spiro atoms. The Morgan fingerprint density at radius 1 is 0.921 bits per heavy atom. The van der Waals surface area contributed by atoms with Gasteiger partial charge in [-0.1, -0.05) is 18.2 Å². The summed E-state index contributed by atoms with van der Waals surface area (Å²) in [6, 6.07) is 7.91. The maximum atomic E-state index is 14.9. The monoisotopic (exact) mass is 530 g/mol. The van der Waals surface area contributed by atoms with E-state index in [1.165, 1.54) is 12.1 Å². The highest BCUT2D eigenvalue weighted by molar-refractivity contribution is 5.75. The SMILES string of the molecule is C=CCCOc1ccc(C2CCC(C(=O)Oc3ccc(C4CCC(OCC)CC4)c(F)c3F)CC2)cc1F. The molecule has 2 aromatic rings. The molecule has 7 heteroatoms. The van der Waals surface area contributed by atoms with E-state index in [4.69, 9.17) is 14.2 Å². The maximum Gasteiger partial charge on any atom is 0.314 e. The van der Waals surface area contributed by atoms with E-state index in [2.05, 4.69) is 6.58 Å². The fraction of sp³-hybridized carbons (Fsp3) is 0.516. The number of benzene rings is 2. The van der Waals surface area contributed by atoms with Gasteiger partial charge in [0.25, 0.3) is 0 Å². The average Bonchev–Trinajstić information content (AvgIpc) is 2.93. The Bertz CT molecular complexity index is 1100. The molecule has 0 aliphatic heterocycles. The number of ether oxygens (including phenoxy) is 3. The molecule has 38 heavy (non-hydrogen) atoms. The van der Waals surface area contributed by atoms with Crippen LogP contribution in [0, 0.1) is 23.4 Å². The van der Waals surface area contributed by atoms with E-state index < -0.39 is 29.3 Å². The molecule has 0 unspecified atom stereocenters. The molecule has 4 nitrogen and oxygen atoms in total. The number of hydrogen-bond donors (Lipinski definition) is 0. The van der Waals surface area contributed by atoms with Gasteiger partial charge in [0.05, 0.1) is 18.6 Å². The summed E-state index contributed by atoms with van der Waals surface area (Å²) >= 11 is 0. The zero-order valence-electron chi connectivity index (χ0n) is 22.0. The number of halogens is 3. The Kier molecular flexibility index (Phi) is 9.89. The Balaban J connectivity index is 1.31. The first kappa shape index (κ1) is 28.2. The number of carbonyl (C=O) groups is 1. The third-order valence-electron chi connectivity index (χ3n) is 7.87. The summed E-state index contributed by atoms with van der Waals surface area (Å²) in [6.07, 6.45) is 8.06. The summed E-state index contributed by atoms with van der Waals surface area (Å²) in [4.78, 5) is 12.8. The van der Waals surface area contributed by atoms with Crippen molar-refractivity contribution in [1.82, 2.24) is 0 Å². The Morgan fingerprint density at radius 2 is 1.61 bits per heavy atom. The van der Waals surface area contributed by atoms with E-state index in [1.54, 1.807) is 18.2 Å². The molecule has 0 amide bonds. The molecule has 0 N–H and O–H groups in total. The van der Waals surface area contributed by atoms with Gasteiger partial charge in [-0.25, -0.2) is 8.78 Å². The fourth-order valence-corrected chi connectivity index (χ4v) is 5.71. The van der Waals surface area contributed by atoms with Gasteiger partial charge in [-0.2, -0.15) is 4.39 Å². The van der Waals surface area contributed by atoms with Crippen molar-refractivity contribution in [3.8, 4) is 11.5 Å². The zero-order chi connectivity index (χ0) is 27.1. The van der Waals surface area contributed by atoms with Crippen molar-refractivity contribution in [2.24, 2.45) is 5.92 Å². The second-order valence-electron chi connectivity index (χ2n) is 10.3. The predicted octanol–water partition coefficient (Wildman–Crippen LogP) is 8.00. The largest absolute Gasteiger partial charge is 0.490 e. The first-order valence-electron chi connectivity index (χ1n) is 13.8. The van der Waals surface area contributed by atoms with Crippen LogP contribution < -0.4 is 9.47 Å². The third-order valence-corrected chi connectivity index (χ3v) is 7.87. The summed E-state index contributed by atoms with van der Waals surface area (Å²) in [5.74, 6) is -3.52. The highest BCUT2D eigenvalue weighted by atomic mass is 19.2. The molecule has 0 aromatic heterocycles. The molecule has 0 atom stereocenters. The standard InChI is InChI=1S/C31H37F3O4/c1-3-5-18-37-27-16-12-23(19-26(27)32)20-6-8-22(9-7-20)31(35)38-28-17-15-25(29(33)30(28)34)21-10-13-24(14-11-21)36-4-2/h3,12,15-17,19-22,24H,1,4-11,13-14,18H2,2H3. The second-order valence-corrected chi connectivity index (χ2v) is 10.3. The van der Waals surface area contributed by atoms with Gasteiger partial charge in [0.1, 0.15) is 0 Å². The van der Waals surface area contributed by atoms with E-state index in [9.17, 15) is 18.0 Å². The second kappa shape index (κ2) is 13.3. The predicted molar refractivity (Wildman–Crippen MR) is 140 cm³/mol. The summed E-state index contributed by atoms with van der Waals surface area (Å²) in [5, 5.41) is 0. The molecule has 0 saturated heterocycles. The molecule has 0 bridgehead atoms. The first-order valence-corrected chi connectivity index (χ1v) is 13.8. The van der Waals surface area contributed by atoms with Crippen molar-refractivity contribution in [3.63, 3.8) is 0 Å². The van der Waals surface area contributed by atoms with Crippen LogP contribution in [0.5, 0.6) is 11.5 Å². The van der Waals surface area contributed by atoms with Crippen LogP contribution >= 0.6 is 0 Å². The lowest BCUT2D eigenvalue weighted by Gasteiger charge is -2.29. The maximum absolute atomic E-state index is 14.9. The van der Waals surface area contributed by atoms with Gasteiger partial charge in [0, 0.05) is 6.61 Å². The minimum Gasteiger partial charge on any atom is -0.490 e. The lowest BCUT2D eigenvalue weighted by molar-refractivity contribution is -0.140. The Morgan fingerprint density at radius 3 is 2.26 bits per heavy atom. The summed E-state index contributed by atoms with van der Waals surface area (Å²) in [6.45, 7) is 6.60. The van der Waals surface area contributed by atoms with Crippen molar-refractivity contribution in [1.29, 1.82) is 0 Å². The molecule has 2 saturated carbocycles. The number of esters is 1. The average molecular weight is 531 g/mol. The van der Waals surface area contributed by atoms with E-state index in [-0.39, 0.29) is 29.4 Å². The number of carbonyl (C=O) groups excluding carboxylic acids is 1. The lowest BCUT2D eigenvalue weighted by atomic mass is 9.78. The first-order chi connectivity index (χ1) is 18.4. The van der Waals surface area contributed by atoms with Crippen molar-refractivity contribution in [2.75, 3.05) is 13.2 Å². The molecule has 2 aromatic carbocycles. The molecular formula is C31H37F3O4. The van der Waals surface area contributed by atoms with Crippen LogP contribution in [0.4, 0.5) is 13.2 Å². The van der Waals surface area contributed by atoms with Gasteiger partial charge in [-0.3, -0.25) is 4.79 Å². The van der Waals surface area contributed by atoms with Gasteiger partial charge in [0.2, 0.25) is 5.82 Å². The lowest BCUT2D eigenvalue weighted by Crippen LogP contribution is -2.26. The minimum absolute atomic E-state index is 0.0705. The third kappa shape index (κ3) is 6.79. The van der Waals surface area contributed by atoms with Gasteiger partial charge in [0.15, 0.2) is 23.1 Å². The van der Waals surface area contributed by atoms with Crippen LogP contribution in [-0.4, -0.2) is 25.3 Å². The molecular weight excluding hydrogens is 493 g/mol. The van der Waals surface area contributed by atoms with E-state index >= 15 is 0 Å². The van der Waals surface area contributed by atoms with E-state index in [0.29, 0.717) is 50.9 Å². The van der Waals surface area contributed by atoms with E-state index in [0.717, 1.165) is 31.2 Å². The van der Waals surface area contributed by atoms with Gasteiger partial charge in [-0.15, -0.1) is 6.58 Å². The van der Waals surface area contributed by atoms with Crippen LogP contribution in [0.3, 0.4) is 0 Å². The number of rotatable bonds is 10. The number of hydrogen-bond acceptors (Lipinski definition) is 4. The van der Waals surface area contributed by atoms with Gasteiger partial charge in [-0.05, 0) is 106 Å². The topological polar surface area (TPSA) is 44.8 Å². The fourth-order valence-electron chi connectivity index (χ4n) is 5.71. The van der Waals surface area contributed by atoms with Crippen LogP contribution in [0.2, 0.25) is 0 Å². The molecule has 2 aliphatic rings. The molecule has 206 valence electrons.